The fourth-order valence-electron chi connectivity index (χ4n) is 2.57. The topological polar surface area (TPSA) is 77.5 Å². The van der Waals surface area contributed by atoms with Crippen LogP contribution < -0.4 is 10.1 Å². The Morgan fingerprint density at radius 3 is 2.46 bits per heavy atom. The Morgan fingerprint density at radius 2 is 1.79 bits per heavy atom. The molecule has 0 saturated carbocycles. The van der Waals surface area contributed by atoms with Gasteiger partial charge in [-0.2, -0.15) is 0 Å². The summed E-state index contributed by atoms with van der Waals surface area (Å²) in [6.45, 7) is 1.82. The Labute approximate surface area is 163 Å². The first-order valence-corrected chi connectivity index (χ1v) is 8.70. The summed E-state index contributed by atoms with van der Waals surface area (Å²) < 4.78 is 10.7. The van der Waals surface area contributed by atoms with Crippen LogP contribution in [0.4, 0.5) is 5.69 Å². The Morgan fingerprint density at radius 1 is 1.00 bits per heavy atom. The molecule has 2 aromatic carbocycles. The molecule has 6 nitrogen and oxygen atoms in total. The van der Waals surface area contributed by atoms with Crippen LogP contribution in [0.5, 0.6) is 5.75 Å². The number of ether oxygens (including phenoxy) is 2. The molecule has 0 radical (unpaired) electrons. The van der Waals surface area contributed by atoms with Crippen molar-refractivity contribution in [3.05, 3.63) is 89.7 Å². The van der Waals surface area contributed by atoms with Gasteiger partial charge in [0.1, 0.15) is 5.75 Å². The van der Waals surface area contributed by atoms with E-state index in [-0.39, 0.29) is 5.56 Å². The standard InChI is InChI=1S/C22H20N2O4/c1-15-11-12-17(14-23-15)22(26)28-20(16-7-4-3-5-8-16)21(25)24-18-9-6-10-19(13-18)27-2/h3-14,20H,1-2H3,(H,24,25). The van der Waals surface area contributed by atoms with Crippen molar-refractivity contribution < 1.29 is 19.1 Å². The van der Waals surface area contributed by atoms with Gasteiger partial charge in [-0.15, -0.1) is 0 Å². The van der Waals surface area contributed by atoms with Gasteiger partial charge < -0.3 is 14.8 Å². The predicted octanol–water partition coefficient (Wildman–Crippen LogP) is 3.94. The fraction of sp³-hybridized carbons (Fsp3) is 0.136. The minimum absolute atomic E-state index is 0.278. The SMILES string of the molecule is COc1cccc(NC(=O)C(OC(=O)c2ccc(C)nc2)c2ccccc2)c1. The van der Waals surface area contributed by atoms with E-state index in [1.54, 1.807) is 67.8 Å². The predicted molar refractivity (Wildman–Crippen MR) is 105 cm³/mol. The van der Waals surface area contributed by atoms with Crippen LogP contribution >= 0.6 is 0 Å². The molecule has 6 heteroatoms. The molecule has 0 bridgehead atoms. The summed E-state index contributed by atoms with van der Waals surface area (Å²) >= 11 is 0. The number of benzene rings is 2. The number of carbonyl (C=O) groups excluding carboxylic acids is 2. The van der Waals surface area contributed by atoms with Crippen LogP contribution in [0.3, 0.4) is 0 Å². The van der Waals surface area contributed by atoms with Gasteiger partial charge in [0.05, 0.1) is 12.7 Å². The molecular weight excluding hydrogens is 356 g/mol. The zero-order valence-corrected chi connectivity index (χ0v) is 15.6. The minimum Gasteiger partial charge on any atom is -0.497 e. The highest BCUT2D eigenvalue weighted by atomic mass is 16.5. The van der Waals surface area contributed by atoms with E-state index < -0.39 is 18.0 Å². The van der Waals surface area contributed by atoms with E-state index >= 15 is 0 Å². The van der Waals surface area contributed by atoms with Crippen LogP contribution in [0.2, 0.25) is 0 Å². The molecule has 0 saturated heterocycles. The maximum absolute atomic E-state index is 12.9. The molecule has 142 valence electrons. The second kappa shape index (κ2) is 8.81. The summed E-state index contributed by atoms with van der Waals surface area (Å²) in [4.78, 5) is 29.5. The minimum atomic E-state index is -1.11. The quantitative estimate of drug-likeness (QED) is 0.660. The number of aryl methyl sites for hydroxylation is 1. The maximum Gasteiger partial charge on any atom is 0.340 e. The van der Waals surface area contributed by atoms with Crippen molar-refractivity contribution in [2.75, 3.05) is 12.4 Å². The lowest BCUT2D eigenvalue weighted by molar-refractivity contribution is -0.125. The number of hydrogen-bond donors (Lipinski definition) is 1. The molecule has 1 unspecified atom stereocenters. The van der Waals surface area contributed by atoms with Crippen LogP contribution in [-0.4, -0.2) is 24.0 Å². The van der Waals surface area contributed by atoms with Crippen LogP contribution in [0.25, 0.3) is 0 Å². The first-order chi connectivity index (χ1) is 13.6. The molecule has 1 amide bonds. The van der Waals surface area contributed by atoms with Crippen LogP contribution in [0.15, 0.2) is 72.9 Å². The number of methoxy groups -OCH3 is 1. The van der Waals surface area contributed by atoms with E-state index in [0.717, 1.165) is 5.69 Å². The number of aromatic nitrogens is 1. The van der Waals surface area contributed by atoms with Gasteiger partial charge in [0.15, 0.2) is 0 Å². The highest BCUT2D eigenvalue weighted by molar-refractivity contribution is 5.98. The first kappa shape index (κ1) is 19.1. The Bertz CT molecular complexity index is 956. The number of rotatable bonds is 6. The summed E-state index contributed by atoms with van der Waals surface area (Å²) in [5.41, 5.74) is 2.17. The highest BCUT2D eigenvalue weighted by Gasteiger charge is 2.26. The van der Waals surface area contributed by atoms with E-state index in [1.165, 1.54) is 6.20 Å². The second-order valence-electron chi connectivity index (χ2n) is 6.11. The molecule has 1 atom stereocenters. The molecule has 3 aromatic rings. The summed E-state index contributed by atoms with van der Waals surface area (Å²) in [5, 5.41) is 2.77. The van der Waals surface area contributed by atoms with E-state index in [4.69, 9.17) is 9.47 Å². The summed E-state index contributed by atoms with van der Waals surface area (Å²) in [7, 11) is 1.55. The Balaban J connectivity index is 1.83. The van der Waals surface area contributed by atoms with Crippen LogP contribution in [0, 0.1) is 6.92 Å². The molecular formula is C22H20N2O4. The van der Waals surface area contributed by atoms with Crippen molar-refractivity contribution in [1.82, 2.24) is 4.98 Å². The molecule has 0 aliphatic heterocycles. The number of carbonyl (C=O) groups is 2. The molecule has 3 rings (SSSR count). The van der Waals surface area contributed by atoms with Crippen molar-refractivity contribution >= 4 is 17.6 Å². The van der Waals surface area contributed by atoms with Gasteiger partial charge >= 0.3 is 5.97 Å². The van der Waals surface area contributed by atoms with Gasteiger partial charge in [-0.3, -0.25) is 9.78 Å². The van der Waals surface area contributed by atoms with Crippen molar-refractivity contribution in [3.63, 3.8) is 0 Å². The van der Waals surface area contributed by atoms with E-state index in [9.17, 15) is 9.59 Å². The molecule has 0 spiro atoms. The van der Waals surface area contributed by atoms with Gasteiger partial charge in [0, 0.05) is 29.2 Å². The third kappa shape index (κ3) is 4.73. The summed E-state index contributed by atoms with van der Waals surface area (Å²) in [6, 6.07) is 19.1. The fourth-order valence-corrected chi connectivity index (χ4v) is 2.57. The van der Waals surface area contributed by atoms with Crippen LogP contribution in [-0.2, 0) is 9.53 Å². The zero-order valence-electron chi connectivity index (χ0n) is 15.6. The number of amides is 1. The van der Waals surface area contributed by atoms with Crippen molar-refractivity contribution in [2.45, 2.75) is 13.0 Å². The average molecular weight is 376 g/mol. The van der Waals surface area contributed by atoms with E-state index in [2.05, 4.69) is 10.3 Å². The van der Waals surface area contributed by atoms with Gasteiger partial charge in [-0.25, -0.2) is 4.79 Å². The second-order valence-corrected chi connectivity index (χ2v) is 6.11. The number of hydrogen-bond acceptors (Lipinski definition) is 5. The molecule has 0 aliphatic carbocycles. The lowest BCUT2D eigenvalue weighted by Crippen LogP contribution is -2.26. The van der Waals surface area contributed by atoms with Gasteiger partial charge in [0.2, 0.25) is 6.10 Å². The molecule has 28 heavy (non-hydrogen) atoms. The highest BCUT2D eigenvalue weighted by Crippen LogP contribution is 2.23. The molecule has 1 heterocycles. The van der Waals surface area contributed by atoms with Crippen molar-refractivity contribution in [2.24, 2.45) is 0 Å². The van der Waals surface area contributed by atoms with Gasteiger partial charge in [-0.05, 0) is 31.2 Å². The van der Waals surface area contributed by atoms with E-state index in [0.29, 0.717) is 17.0 Å². The molecule has 0 fully saturated rings. The third-order valence-corrected chi connectivity index (χ3v) is 4.05. The first-order valence-electron chi connectivity index (χ1n) is 8.70. The monoisotopic (exact) mass is 376 g/mol. The van der Waals surface area contributed by atoms with Gasteiger partial charge in [-0.1, -0.05) is 36.4 Å². The Kier molecular flexibility index (Phi) is 6.01. The molecule has 1 N–H and O–H groups in total. The summed E-state index contributed by atoms with van der Waals surface area (Å²) in [6.07, 6.45) is 0.320. The average Bonchev–Trinajstić information content (AvgIpc) is 2.73. The lowest BCUT2D eigenvalue weighted by Gasteiger charge is -2.18. The maximum atomic E-state index is 12.9. The van der Waals surface area contributed by atoms with Crippen molar-refractivity contribution in [3.8, 4) is 5.75 Å². The number of nitrogens with zero attached hydrogens (tertiary/aromatic N) is 1. The zero-order chi connectivity index (χ0) is 19.9. The van der Waals surface area contributed by atoms with Crippen LogP contribution in [0.1, 0.15) is 27.7 Å². The van der Waals surface area contributed by atoms with Gasteiger partial charge in [0.25, 0.3) is 5.91 Å². The summed E-state index contributed by atoms with van der Waals surface area (Å²) in [5.74, 6) is -0.480. The smallest absolute Gasteiger partial charge is 0.340 e. The molecule has 0 aliphatic rings. The molecule has 1 aromatic heterocycles. The third-order valence-electron chi connectivity index (χ3n) is 4.05. The number of anilines is 1. The lowest BCUT2D eigenvalue weighted by atomic mass is 10.1. The largest absolute Gasteiger partial charge is 0.497 e. The Hall–Kier alpha value is -3.67. The van der Waals surface area contributed by atoms with E-state index in [1.807, 2.05) is 13.0 Å². The number of esters is 1. The number of nitrogens with one attached hydrogen (secondary N) is 1. The normalized spacial score (nSPS) is 11.4. The van der Waals surface area contributed by atoms with Crippen molar-refractivity contribution in [1.29, 1.82) is 0 Å². The number of pyridine rings is 1.